The van der Waals surface area contributed by atoms with Crippen LogP contribution in [-0.2, 0) is 14.8 Å². The van der Waals surface area contributed by atoms with Gasteiger partial charge in [-0.05, 0) is 42.8 Å². The van der Waals surface area contributed by atoms with Gasteiger partial charge in [0.2, 0.25) is 15.9 Å². The van der Waals surface area contributed by atoms with Gasteiger partial charge in [-0.1, -0.05) is 35.3 Å². The molecule has 1 fully saturated rings. The minimum absolute atomic E-state index is 0.176. The van der Waals surface area contributed by atoms with Gasteiger partial charge in [0.05, 0.1) is 22.2 Å². The van der Waals surface area contributed by atoms with Crippen LogP contribution in [0.5, 0.6) is 0 Å². The number of halogens is 2. The van der Waals surface area contributed by atoms with Crippen molar-refractivity contribution in [2.45, 2.75) is 11.8 Å². The zero-order valence-corrected chi connectivity index (χ0v) is 17.7. The first-order chi connectivity index (χ1) is 13.3. The largest absolute Gasteiger partial charge is 0.324 e. The van der Waals surface area contributed by atoms with Crippen molar-refractivity contribution in [2.24, 2.45) is 0 Å². The maximum atomic E-state index is 12.7. The van der Waals surface area contributed by atoms with E-state index in [4.69, 9.17) is 23.2 Å². The molecule has 2 aromatic rings. The van der Waals surface area contributed by atoms with Gasteiger partial charge in [-0.2, -0.15) is 4.31 Å². The van der Waals surface area contributed by atoms with E-state index in [1.165, 1.54) is 16.4 Å². The van der Waals surface area contributed by atoms with Crippen LogP contribution in [0.2, 0.25) is 10.0 Å². The van der Waals surface area contributed by atoms with Gasteiger partial charge in [0, 0.05) is 31.2 Å². The predicted octanol–water partition coefficient (Wildman–Crippen LogP) is 3.25. The third-order valence-corrected chi connectivity index (χ3v) is 6.97. The van der Waals surface area contributed by atoms with Gasteiger partial charge in [-0.15, -0.1) is 0 Å². The first-order valence-electron chi connectivity index (χ1n) is 8.80. The average molecular weight is 442 g/mol. The Bertz CT molecular complexity index is 974. The van der Waals surface area contributed by atoms with Gasteiger partial charge >= 0.3 is 0 Å². The van der Waals surface area contributed by atoms with Crippen LogP contribution in [0.15, 0.2) is 47.4 Å². The van der Waals surface area contributed by atoms with Gasteiger partial charge in [0.25, 0.3) is 0 Å². The molecule has 1 heterocycles. The normalized spacial score (nSPS) is 16.1. The Morgan fingerprint density at radius 3 is 2.43 bits per heavy atom. The van der Waals surface area contributed by atoms with Crippen molar-refractivity contribution >= 4 is 44.8 Å². The number of carbonyl (C=O) groups excluding carboxylic acids is 1. The van der Waals surface area contributed by atoms with Crippen LogP contribution >= 0.6 is 23.2 Å². The number of anilines is 1. The first-order valence-corrected chi connectivity index (χ1v) is 11.0. The van der Waals surface area contributed by atoms with Gasteiger partial charge < -0.3 is 5.32 Å². The molecule has 150 valence electrons. The van der Waals surface area contributed by atoms with Crippen LogP contribution in [0.4, 0.5) is 5.69 Å². The topological polar surface area (TPSA) is 69.7 Å². The van der Waals surface area contributed by atoms with Gasteiger partial charge in [0.15, 0.2) is 0 Å². The fraction of sp³-hybridized carbons (Fsp3) is 0.316. The Kier molecular flexibility index (Phi) is 6.62. The molecule has 1 saturated heterocycles. The highest BCUT2D eigenvalue weighted by molar-refractivity contribution is 7.89. The summed E-state index contributed by atoms with van der Waals surface area (Å²) in [6.45, 7) is 3.66. The molecular formula is C19H21Cl2N3O3S. The fourth-order valence-corrected chi connectivity index (χ4v) is 5.02. The molecule has 6 nitrogen and oxygen atoms in total. The molecule has 9 heteroatoms. The van der Waals surface area contributed by atoms with Crippen LogP contribution in [0.3, 0.4) is 0 Å². The van der Waals surface area contributed by atoms with Crippen molar-refractivity contribution in [2.75, 3.05) is 38.0 Å². The van der Waals surface area contributed by atoms with Crippen LogP contribution in [0, 0.1) is 6.92 Å². The van der Waals surface area contributed by atoms with Crippen LogP contribution in [0.1, 0.15) is 5.56 Å². The van der Waals surface area contributed by atoms with E-state index in [2.05, 4.69) is 5.32 Å². The Morgan fingerprint density at radius 1 is 1.07 bits per heavy atom. The summed E-state index contributed by atoms with van der Waals surface area (Å²) in [5.41, 5.74) is 1.58. The average Bonchev–Trinajstić information content (AvgIpc) is 2.64. The smallest absolute Gasteiger partial charge is 0.243 e. The summed E-state index contributed by atoms with van der Waals surface area (Å²) < 4.78 is 26.9. The van der Waals surface area contributed by atoms with Crippen molar-refractivity contribution in [1.82, 2.24) is 9.21 Å². The molecule has 0 aromatic heterocycles. The molecule has 0 atom stereocenters. The molecule has 2 aromatic carbocycles. The van der Waals surface area contributed by atoms with E-state index in [1.807, 2.05) is 17.9 Å². The maximum absolute atomic E-state index is 12.7. The number of benzene rings is 2. The quantitative estimate of drug-likeness (QED) is 0.772. The second-order valence-electron chi connectivity index (χ2n) is 6.67. The summed E-state index contributed by atoms with van der Waals surface area (Å²) in [6.07, 6.45) is 0. The highest BCUT2D eigenvalue weighted by Crippen LogP contribution is 2.23. The highest BCUT2D eigenvalue weighted by atomic mass is 35.5. The molecule has 0 bridgehead atoms. The summed E-state index contributed by atoms with van der Waals surface area (Å²) in [5, 5.41) is 3.67. The van der Waals surface area contributed by atoms with Crippen molar-refractivity contribution in [3.05, 3.63) is 58.1 Å². The summed E-state index contributed by atoms with van der Waals surface area (Å²) in [7, 11) is -3.59. The number of rotatable bonds is 5. The number of amides is 1. The highest BCUT2D eigenvalue weighted by Gasteiger charge is 2.29. The van der Waals surface area contributed by atoms with Crippen LogP contribution in [-0.4, -0.2) is 56.3 Å². The number of aryl methyl sites for hydroxylation is 1. The summed E-state index contributed by atoms with van der Waals surface area (Å²) in [6, 6.07) is 11.7. The number of carbonyl (C=O) groups is 1. The number of sulfonamides is 1. The van der Waals surface area contributed by atoms with Gasteiger partial charge in [-0.3, -0.25) is 9.69 Å². The Hall–Kier alpha value is -1.64. The Morgan fingerprint density at radius 2 is 1.79 bits per heavy atom. The lowest BCUT2D eigenvalue weighted by Crippen LogP contribution is -2.50. The SMILES string of the molecule is Cc1ccc(NC(=O)CN2CCN(S(=O)(=O)c3cccc(Cl)c3)CC2)c(Cl)c1. The van der Waals surface area contributed by atoms with E-state index in [0.29, 0.717) is 41.9 Å². The molecule has 1 N–H and O–H groups in total. The zero-order valence-electron chi connectivity index (χ0n) is 15.4. The molecule has 3 rings (SSSR count). The minimum atomic E-state index is -3.59. The van der Waals surface area contributed by atoms with E-state index in [0.717, 1.165) is 5.56 Å². The molecular weight excluding hydrogens is 421 g/mol. The second kappa shape index (κ2) is 8.80. The lowest BCUT2D eigenvalue weighted by atomic mass is 10.2. The Labute approximate surface area is 175 Å². The van der Waals surface area contributed by atoms with E-state index in [1.54, 1.807) is 24.3 Å². The number of hydrogen-bond acceptors (Lipinski definition) is 4. The van der Waals surface area contributed by atoms with Crippen LogP contribution < -0.4 is 5.32 Å². The third-order valence-electron chi connectivity index (χ3n) is 4.53. The number of nitrogens with one attached hydrogen (secondary N) is 1. The minimum Gasteiger partial charge on any atom is -0.324 e. The summed E-state index contributed by atoms with van der Waals surface area (Å²) >= 11 is 12.1. The number of hydrogen-bond donors (Lipinski definition) is 1. The maximum Gasteiger partial charge on any atom is 0.243 e. The van der Waals surface area contributed by atoms with E-state index in [-0.39, 0.29) is 17.3 Å². The lowest BCUT2D eigenvalue weighted by molar-refractivity contribution is -0.117. The molecule has 1 aliphatic heterocycles. The van der Waals surface area contributed by atoms with E-state index >= 15 is 0 Å². The number of nitrogens with zero attached hydrogens (tertiary/aromatic N) is 2. The standard InChI is InChI=1S/C19H21Cl2N3O3S/c1-14-5-6-18(17(21)11-14)22-19(25)13-23-7-9-24(10-8-23)28(26,27)16-4-2-3-15(20)12-16/h2-6,11-12H,7-10,13H2,1H3,(H,22,25). The van der Waals surface area contributed by atoms with Crippen LogP contribution in [0.25, 0.3) is 0 Å². The fourth-order valence-electron chi connectivity index (χ4n) is 3.02. The molecule has 0 radical (unpaired) electrons. The van der Waals surface area contributed by atoms with E-state index < -0.39 is 10.0 Å². The molecule has 1 aliphatic rings. The first kappa shape index (κ1) is 21.1. The van der Waals surface area contributed by atoms with Crippen molar-refractivity contribution in [3.8, 4) is 0 Å². The molecule has 0 spiro atoms. The molecule has 0 unspecified atom stereocenters. The molecule has 28 heavy (non-hydrogen) atoms. The summed E-state index contributed by atoms with van der Waals surface area (Å²) in [4.78, 5) is 14.4. The van der Waals surface area contributed by atoms with Gasteiger partial charge in [0.1, 0.15) is 0 Å². The molecule has 0 aliphatic carbocycles. The predicted molar refractivity (Wildman–Crippen MR) is 111 cm³/mol. The molecule has 1 amide bonds. The Balaban J connectivity index is 1.56. The van der Waals surface area contributed by atoms with Crippen molar-refractivity contribution < 1.29 is 13.2 Å². The van der Waals surface area contributed by atoms with Crippen molar-refractivity contribution in [1.29, 1.82) is 0 Å². The zero-order chi connectivity index (χ0) is 20.3. The summed E-state index contributed by atoms with van der Waals surface area (Å²) in [5.74, 6) is -0.183. The second-order valence-corrected chi connectivity index (χ2v) is 9.45. The monoisotopic (exact) mass is 441 g/mol. The number of piperazine rings is 1. The third kappa shape index (κ3) is 5.04. The van der Waals surface area contributed by atoms with Crippen molar-refractivity contribution in [3.63, 3.8) is 0 Å². The van der Waals surface area contributed by atoms with Gasteiger partial charge in [-0.25, -0.2) is 8.42 Å². The molecule has 0 saturated carbocycles. The lowest BCUT2D eigenvalue weighted by Gasteiger charge is -2.33. The van der Waals surface area contributed by atoms with E-state index in [9.17, 15) is 13.2 Å².